The van der Waals surface area contributed by atoms with Gasteiger partial charge in [0.1, 0.15) is 5.76 Å². The number of thioether (sulfide) groups is 1. The van der Waals surface area contributed by atoms with E-state index in [4.69, 9.17) is 27.6 Å². The minimum atomic E-state index is -0.133. The lowest BCUT2D eigenvalue weighted by Gasteiger charge is -2.13. The molecule has 2 aromatic carbocycles. The highest BCUT2D eigenvalue weighted by Crippen LogP contribution is 2.34. The number of aromatic nitrogens is 3. The van der Waals surface area contributed by atoms with Crippen molar-refractivity contribution < 1.29 is 9.21 Å². The first kappa shape index (κ1) is 21.5. The van der Waals surface area contributed by atoms with Gasteiger partial charge in [0.05, 0.1) is 29.3 Å². The van der Waals surface area contributed by atoms with Crippen molar-refractivity contribution in [3.63, 3.8) is 0 Å². The van der Waals surface area contributed by atoms with E-state index in [1.54, 1.807) is 24.5 Å². The number of nitrogens with zero attached hydrogens (tertiary/aromatic N) is 3. The Labute approximate surface area is 193 Å². The Kier molecular flexibility index (Phi) is 6.65. The summed E-state index contributed by atoms with van der Waals surface area (Å²) in [5, 5.41) is 13.2. The van der Waals surface area contributed by atoms with Gasteiger partial charge in [-0.15, -0.1) is 10.2 Å². The molecule has 158 valence electrons. The summed E-state index contributed by atoms with van der Waals surface area (Å²) < 4.78 is 7.15. The van der Waals surface area contributed by atoms with Crippen molar-refractivity contribution in [1.82, 2.24) is 20.1 Å². The number of rotatable bonds is 7. The zero-order valence-electron chi connectivity index (χ0n) is 16.5. The Bertz CT molecular complexity index is 1210. The van der Waals surface area contributed by atoms with E-state index in [1.807, 2.05) is 47.9 Å². The first-order chi connectivity index (χ1) is 15.0. The Morgan fingerprint density at radius 3 is 2.71 bits per heavy atom. The molecule has 1 amide bonds. The molecule has 0 unspecified atom stereocenters. The second-order valence-corrected chi connectivity index (χ2v) is 8.48. The third-order valence-electron chi connectivity index (χ3n) is 4.53. The number of furan rings is 1. The second kappa shape index (κ2) is 9.60. The molecule has 0 fully saturated rings. The third-order valence-corrected chi connectivity index (χ3v) is 6.01. The molecule has 0 aliphatic rings. The molecular weight excluding hydrogens is 455 g/mol. The summed E-state index contributed by atoms with van der Waals surface area (Å²) in [7, 11) is 0. The number of benzene rings is 2. The van der Waals surface area contributed by atoms with E-state index in [1.165, 1.54) is 11.8 Å². The van der Waals surface area contributed by atoms with Gasteiger partial charge in [-0.2, -0.15) is 0 Å². The Morgan fingerprint density at radius 1 is 1.13 bits per heavy atom. The summed E-state index contributed by atoms with van der Waals surface area (Å²) >= 11 is 13.8. The number of para-hydroxylation sites is 1. The summed E-state index contributed by atoms with van der Waals surface area (Å²) in [6, 6.07) is 16.7. The number of amides is 1. The smallest absolute Gasteiger partial charge is 0.230 e. The molecule has 31 heavy (non-hydrogen) atoms. The molecule has 6 nitrogen and oxygen atoms in total. The van der Waals surface area contributed by atoms with Gasteiger partial charge in [-0.1, -0.05) is 53.2 Å². The maximum Gasteiger partial charge on any atom is 0.230 e. The van der Waals surface area contributed by atoms with E-state index in [0.717, 1.165) is 11.3 Å². The van der Waals surface area contributed by atoms with Crippen LogP contribution >= 0.6 is 35.0 Å². The maximum atomic E-state index is 12.3. The molecule has 0 saturated heterocycles. The molecule has 0 spiro atoms. The fourth-order valence-corrected chi connectivity index (χ4v) is 4.29. The van der Waals surface area contributed by atoms with E-state index < -0.39 is 0 Å². The van der Waals surface area contributed by atoms with Gasteiger partial charge in [0.2, 0.25) is 5.91 Å². The number of halogens is 2. The van der Waals surface area contributed by atoms with Crippen LogP contribution in [0.4, 0.5) is 0 Å². The van der Waals surface area contributed by atoms with Gasteiger partial charge in [-0.05, 0) is 48.9 Å². The lowest BCUT2D eigenvalue weighted by Crippen LogP contribution is -2.24. The highest BCUT2D eigenvalue weighted by molar-refractivity contribution is 7.99. The van der Waals surface area contributed by atoms with Crippen molar-refractivity contribution in [2.24, 2.45) is 0 Å². The van der Waals surface area contributed by atoms with Crippen LogP contribution in [-0.2, 0) is 11.3 Å². The number of hydrogen-bond acceptors (Lipinski definition) is 5. The van der Waals surface area contributed by atoms with Crippen LogP contribution in [0.2, 0.25) is 10.0 Å². The molecule has 0 bridgehead atoms. The first-order valence-electron chi connectivity index (χ1n) is 9.41. The van der Waals surface area contributed by atoms with Gasteiger partial charge >= 0.3 is 0 Å². The van der Waals surface area contributed by atoms with Gasteiger partial charge in [0.25, 0.3) is 0 Å². The van der Waals surface area contributed by atoms with Gasteiger partial charge in [0.15, 0.2) is 11.0 Å². The summed E-state index contributed by atoms with van der Waals surface area (Å²) in [6.07, 6.45) is 1.57. The third kappa shape index (κ3) is 4.95. The fourth-order valence-electron chi connectivity index (χ4n) is 3.02. The highest BCUT2D eigenvalue weighted by Gasteiger charge is 2.20. The number of hydrogen-bond donors (Lipinski definition) is 1. The van der Waals surface area contributed by atoms with Crippen LogP contribution in [0, 0.1) is 6.92 Å². The van der Waals surface area contributed by atoms with Crippen LogP contribution in [-0.4, -0.2) is 26.4 Å². The predicted molar refractivity (Wildman–Crippen MR) is 123 cm³/mol. The number of carbonyl (C=O) groups is 1. The molecule has 4 rings (SSSR count). The molecule has 0 radical (unpaired) electrons. The van der Waals surface area contributed by atoms with Crippen molar-refractivity contribution in [3.8, 4) is 17.1 Å². The molecule has 0 aliphatic heterocycles. The van der Waals surface area contributed by atoms with E-state index in [9.17, 15) is 4.79 Å². The van der Waals surface area contributed by atoms with E-state index >= 15 is 0 Å². The maximum absolute atomic E-state index is 12.3. The van der Waals surface area contributed by atoms with E-state index in [-0.39, 0.29) is 11.7 Å². The van der Waals surface area contributed by atoms with Crippen molar-refractivity contribution in [2.75, 3.05) is 5.75 Å². The molecule has 0 atom stereocenters. The molecule has 0 aliphatic carbocycles. The molecule has 2 aromatic heterocycles. The Hall–Kier alpha value is -2.74. The number of aryl methyl sites for hydroxylation is 1. The van der Waals surface area contributed by atoms with Gasteiger partial charge in [-0.25, -0.2) is 0 Å². The lowest BCUT2D eigenvalue weighted by molar-refractivity contribution is -0.118. The average Bonchev–Trinajstić information content (AvgIpc) is 3.41. The van der Waals surface area contributed by atoms with Gasteiger partial charge < -0.3 is 9.73 Å². The zero-order valence-corrected chi connectivity index (χ0v) is 18.8. The average molecular weight is 473 g/mol. The van der Waals surface area contributed by atoms with E-state index in [2.05, 4.69) is 15.5 Å². The molecule has 0 saturated carbocycles. The molecular formula is C22H18Cl2N4O2S. The van der Waals surface area contributed by atoms with Crippen LogP contribution < -0.4 is 5.32 Å². The van der Waals surface area contributed by atoms with E-state index in [0.29, 0.717) is 38.9 Å². The fraction of sp³-hybridized carbons (Fsp3) is 0.136. The Balaban J connectivity index is 1.62. The molecule has 9 heteroatoms. The quantitative estimate of drug-likeness (QED) is 0.356. The van der Waals surface area contributed by atoms with Gasteiger partial charge in [-0.3, -0.25) is 9.36 Å². The van der Waals surface area contributed by atoms with Crippen LogP contribution in [0.3, 0.4) is 0 Å². The van der Waals surface area contributed by atoms with Crippen molar-refractivity contribution >= 4 is 40.9 Å². The standard InChI is InChI=1S/C22H18Cl2N4O2S/c1-14-5-2-3-7-19(14)28-21(17-9-8-15(23)11-18(17)24)26-27-22(28)31-13-20(29)25-12-16-6-4-10-30-16/h2-11H,12-13H2,1H3,(H,25,29). The normalized spacial score (nSPS) is 10.9. The monoisotopic (exact) mass is 472 g/mol. The minimum absolute atomic E-state index is 0.133. The molecule has 4 aromatic rings. The summed E-state index contributed by atoms with van der Waals surface area (Å²) in [4.78, 5) is 12.3. The summed E-state index contributed by atoms with van der Waals surface area (Å²) in [5.74, 6) is 1.32. The van der Waals surface area contributed by atoms with Crippen LogP contribution in [0.1, 0.15) is 11.3 Å². The highest BCUT2D eigenvalue weighted by atomic mass is 35.5. The number of nitrogens with one attached hydrogen (secondary N) is 1. The predicted octanol–water partition coefficient (Wildman–Crippen LogP) is 5.55. The SMILES string of the molecule is Cc1ccccc1-n1c(SCC(=O)NCc2ccco2)nnc1-c1ccc(Cl)cc1Cl. The number of carbonyl (C=O) groups excluding carboxylic acids is 1. The lowest BCUT2D eigenvalue weighted by atomic mass is 10.1. The second-order valence-electron chi connectivity index (χ2n) is 6.70. The van der Waals surface area contributed by atoms with Crippen LogP contribution in [0.25, 0.3) is 17.1 Å². The van der Waals surface area contributed by atoms with Crippen molar-refractivity contribution in [1.29, 1.82) is 0 Å². The van der Waals surface area contributed by atoms with Crippen LogP contribution in [0.15, 0.2) is 70.4 Å². The summed E-state index contributed by atoms with van der Waals surface area (Å²) in [5.41, 5.74) is 2.65. The zero-order chi connectivity index (χ0) is 21.8. The van der Waals surface area contributed by atoms with Gasteiger partial charge in [0, 0.05) is 10.6 Å². The topological polar surface area (TPSA) is 73.0 Å². The largest absolute Gasteiger partial charge is 0.467 e. The molecule has 1 N–H and O–H groups in total. The minimum Gasteiger partial charge on any atom is -0.467 e. The first-order valence-corrected chi connectivity index (χ1v) is 11.2. The van der Waals surface area contributed by atoms with Crippen molar-refractivity contribution in [2.45, 2.75) is 18.6 Å². The Morgan fingerprint density at radius 2 is 1.97 bits per heavy atom. The van der Waals surface area contributed by atoms with Crippen molar-refractivity contribution in [3.05, 3.63) is 82.2 Å². The molecule has 2 heterocycles. The summed E-state index contributed by atoms with van der Waals surface area (Å²) in [6.45, 7) is 2.34. The van der Waals surface area contributed by atoms with Crippen LogP contribution in [0.5, 0.6) is 0 Å².